The van der Waals surface area contributed by atoms with Gasteiger partial charge in [0.15, 0.2) is 5.82 Å². The van der Waals surface area contributed by atoms with Gasteiger partial charge in [0.1, 0.15) is 5.65 Å². The SMILES string of the molecule is CNOCC=C(c1ccccc1)c1ccc2nc(N)c(-c3ccccc3)n2c1. The van der Waals surface area contributed by atoms with Crippen molar-refractivity contribution in [1.29, 1.82) is 0 Å². The molecule has 5 heteroatoms. The summed E-state index contributed by atoms with van der Waals surface area (Å²) in [5.74, 6) is 0.520. The van der Waals surface area contributed by atoms with Crippen LogP contribution in [0.1, 0.15) is 11.1 Å². The average molecular weight is 370 g/mol. The summed E-state index contributed by atoms with van der Waals surface area (Å²) in [6.45, 7) is 0.455. The molecule has 140 valence electrons. The molecular weight excluding hydrogens is 348 g/mol. The standard InChI is InChI=1S/C23H22N4O/c1-25-28-15-14-20(17-8-4-2-5-9-17)19-12-13-21-26-23(24)22(27(21)16-19)18-10-6-3-7-11-18/h2-14,16,25H,15,24H2,1H3. The van der Waals surface area contributed by atoms with Gasteiger partial charge in [-0.1, -0.05) is 60.7 Å². The number of pyridine rings is 1. The molecular formula is C23H22N4O. The van der Waals surface area contributed by atoms with Crippen molar-refractivity contribution < 1.29 is 4.84 Å². The van der Waals surface area contributed by atoms with Gasteiger partial charge in [-0.05, 0) is 34.9 Å². The highest BCUT2D eigenvalue weighted by molar-refractivity contribution is 5.82. The van der Waals surface area contributed by atoms with Gasteiger partial charge in [-0.2, -0.15) is 0 Å². The number of nitrogens with one attached hydrogen (secondary N) is 1. The molecule has 0 atom stereocenters. The Morgan fingerprint density at radius 3 is 2.43 bits per heavy atom. The summed E-state index contributed by atoms with van der Waals surface area (Å²) in [7, 11) is 1.75. The Balaban J connectivity index is 1.86. The van der Waals surface area contributed by atoms with Crippen molar-refractivity contribution in [2.75, 3.05) is 19.4 Å². The van der Waals surface area contributed by atoms with E-state index >= 15 is 0 Å². The molecule has 0 aliphatic rings. The van der Waals surface area contributed by atoms with E-state index in [2.05, 4.69) is 45.3 Å². The number of hydrogen-bond donors (Lipinski definition) is 2. The first kappa shape index (κ1) is 18.0. The maximum absolute atomic E-state index is 6.25. The summed E-state index contributed by atoms with van der Waals surface area (Å²) >= 11 is 0. The van der Waals surface area contributed by atoms with E-state index in [0.717, 1.165) is 33.6 Å². The number of aromatic nitrogens is 2. The number of imidazole rings is 1. The maximum Gasteiger partial charge on any atom is 0.150 e. The van der Waals surface area contributed by atoms with E-state index in [-0.39, 0.29) is 0 Å². The van der Waals surface area contributed by atoms with Gasteiger partial charge in [-0.25, -0.2) is 10.5 Å². The van der Waals surface area contributed by atoms with Crippen LogP contribution in [0.4, 0.5) is 5.82 Å². The van der Waals surface area contributed by atoms with Crippen LogP contribution < -0.4 is 11.2 Å². The zero-order valence-electron chi connectivity index (χ0n) is 15.7. The number of anilines is 1. The molecule has 4 rings (SSSR count). The van der Waals surface area contributed by atoms with Crippen molar-refractivity contribution in [3.05, 3.63) is 96.2 Å². The van der Waals surface area contributed by atoms with Gasteiger partial charge in [0.25, 0.3) is 0 Å². The average Bonchev–Trinajstić information content (AvgIpc) is 3.07. The molecule has 0 aliphatic heterocycles. The Labute approximate surface area is 164 Å². The predicted octanol–water partition coefficient (Wildman–Crippen LogP) is 4.17. The van der Waals surface area contributed by atoms with Crippen LogP contribution in [0.3, 0.4) is 0 Å². The van der Waals surface area contributed by atoms with E-state index in [1.807, 2.05) is 54.6 Å². The lowest BCUT2D eigenvalue weighted by Crippen LogP contribution is -2.07. The molecule has 0 unspecified atom stereocenters. The Hall–Kier alpha value is -3.41. The Morgan fingerprint density at radius 2 is 1.71 bits per heavy atom. The fourth-order valence-corrected chi connectivity index (χ4v) is 3.33. The second kappa shape index (κ2) is 8.08. The number of hydroxylamine groups is 1. The molecule has 28 heavy (non-hydrogen) atoms. The molecule has 2 aromatic heterocycles. The highest BCUT2D eigenvalue weighted by atomic mass is 16.6. The van der Waals surface area contributed by atoms with Gasteiger partial charge in [-0.3, -0.25) is 9.24 Å². The van der Waals surface area contributed by atoms with E-state index < -0.39 is 0 Å². The molecule has 0 radical (unpaired) electrons. The highest BCUT2D eigenvalue weighted by Gasteiger charge is 2.13. The lowest BCUT2D eigenvalue weighted by atomic mass is 9.99. The monoisotopic (exact) mass is 370 g/mol. The topological polar surface area (TPSA) is 64.6 Å². The van der Waals surface area contributed by atoms with Crippen molar-refractivity contribution in [2.24, 2.45) is 0 Å². The minimum absolute atomic E-state index is 0.455. The van der Waals surface area contributed by atoms with Gasteiger partial charge >= 0.3 is 0 Å². The first-order chi connectivity index (χ1) is 13.8. The summed E-state index contributed by atoms with van der Waals surface area (Å²) in [6.07, 6.45) is 4.15. The third kappa shape index (κ3) is 3.53. The van der Waals surface area contributed by atoms with Gasteiger partial charge in [0.2, 0.25) is 0 Å². The molecule has 0 spiro atoms. The largest absolute Gasteiger partial charge is 0.382 e. The molecule has 0 saturated heterocycles. The number of benzene rings is 2. The van der Waals surface area contributed by atoms with E-state index in [1.54, 1.807) is 7.05 Å². The van der Waals surface area contributed by atoms with Crippen LogP contribution in [0.2, 0.25) is 0 Å². The molecule has 0 amide bonds. The normalized spacial score (nSPS) is 11.8. The Bertz CT molecular complexity index is 1100. The molecule has 0 aliphatic carbocycles. The Kier molecular flexibility index (Phi) is 5.19. The van der Waals surface area contributed by atoms with Crippen molar-refractivity contribution in [3.8, 4) is 11.3 Å². The summed E-state index contributed by atoms with van der Waals surface area (Å²) < 4.78 is 2.05. The quantitative estimate of drug-likeness (QED) is 0.395. The van der Waals surface area contributed by atoms with Crippen LogP contribution in [0.15, 0.2) is 85.1 Å². The molecule has 2 aromatic carbocycles. The summed E-state index contributed by atoms with van der Waals surface area (Å²) in [6, 6.07) is 24.4. The number of hydrogen-bond acceptors (Lipinski definition) is 4. The molecule has 0 bridgehead atoms. The molecule has 2 heterocycles. The maximum atomic E-state index is 6.25. The van der Waals surface area contributed by atoms with Crippen LogP contribution in [-0.4, -0.2) is 23.0 Å². The van der Waals surface area contributed by atoms with E-state index in [4.69, 9.17) is 10.6 Å². The molecule has 5 nitrogen and oxygen atoms in total. The number of fused-ring (bicyclic) bond motifs is 1. The fraction of sp³-hybridized carbons (Fsp3) is 0.0870. The zero-order valence-corrected chi connectivity index (χ0v) is 15.7. The molecule has 0 saturated carbocycles. The van der Waals surface area contributed by atoms with Crippen molar-refractivity contribution in [1.82, 2.24) is 14.9 Å². The van der Waals surface area contributed by atoms with Gasteiger partial charge in [0, 0.05) is 18.8 Å². The van der Waals surface area contributed by atoms with E-state index in [1.165, 1.54) is 0 Å². The number of nitrogens with zero attached hydrogens (tertiary/aromatic N) is 2. The summed E-state index contributed by atoms with van der Waals surface area (Å²) in [5.41, 5.74) is 15.0. The zero-order chi connectivity index (χ0) is 19.3. The van der Waals surface area contributed by atoms with Crippen LogP contribution in [0.25, 0.3) is 22.5 Å². The minimum atomic E-state index is 0.455. The smallest absolute Gasteiger partial charge is 0.150 e. The first-order valence-electron chi connectivity index (χ1n) is 9.15. The van der Waals surface area contributed by atoms with Crippen LogP contribution >= 0.6 is 0 Å². The highest BCUT2D eigenvalue weighted by Crippen LogP contribution is 2.30. The molecule has 0 fully saturated rings. The number of nitrogens with two attached hydrogens (primary N) is 1. The van der Waals surface area contributed by atoms with Crippen LogP contribution in [0, 0.1) is 0 Å². The first-order valence-corrected chi connectivity index (χ1v) is 9.15. The lowest BCUT2D eigenvalue weighted by molar-refractivity contribution is 0.0813. The van der Waals surface area contributed by atoms with Crippen LogP contribution in [-0.2, 0) is 4.84 Å². The lowest BCUT2D eigenvalue weighted by Gasteiger charge is -2.11. The van der Waals surface area contributed by atoms with Crippen LogP contribution in [0.5, 0.6) is 0 Å². The molecule has 3 N–H and O–H groups in total. The van der Waals surface area contributed by atoms with Crippen molar-refractivity contribution in [3.63, 3.8) is 0 Å². The second-order valence-corrected chi connectivity index (χ2v) is 6.36. The third-order valence-corrected chi connectivity index (χ3v) is 4.60. The van der Waals surface area contributed by atoms with E-state index in [9.17, 15) is 0 Å². The van der Waals surface area contributed by atoms with Gasteiger partial charge in [0.05, 0.1) is 12.3 Å². The van der Waals surface area contributed by atoms with E-state index in [0.29, 0.717) is 12.4 Å². The number of rotatable bonds is 6. The predicted molar refractivity (Wildman–Crippen MR) is 114 cm³/mol. The summed E-state index contributed by atoms with van der Waals surface area (Å²) in [4.78, 5) is 9.85. The third-order valence-electron chi connectivity index (χ3n) is 4.60. The summed E-state index contributed by atoms with van der Waals surface area (Å²) in [5, 5.41) is 0. The second-order valence-electron chi connectivity index (χ2n) is 6.36. The Morgan fingerprint density at radius 1 is 1.00 bits per heavy atom. The minimum Gasteiger partial charge on any atom is -0.382 e. The number of nitrogen functional groups attached to an aromatic ring is 1. The van der Waals surface area contributed by atoms with Crippen molar-refractivity contribution >= 4 is 17.0 Å². The fourth-order valence-electron chi connectivity index (χ4n) is 3.33. The van der Waals surface area contributed by atoms with Crippen molar-refractivity contribution in [2.45, 2.75) is 0 Å². The van der Waals surface area contributed by atoms with Gasteiger partial charge in [-0.15, -0.1) is 0 Å². The van der Waals surface area contributed by atoms with Gasteiger partial charge < -0.3 is 5.73 Å². The molecule has 4 aromatic rings.